The first-order chi connectivity index (χ1) is 13.2. The molecule has 0 aromatic heterocycles. The molecule has 0 atom stereocenters. The van der Waals surface area contributed by atoms with E-state index in [2.05, 4.69) is 78.9 Å². The summed E-state index contributed by atoms with van der Waals surface area (Å²) in [5.74, 6) is 0. The molecule has 0 spiro atoms. The summed E-state index contributed by atoms with van der Waals surface area (Å²) in [6.45, 7) is 1.83. The van der Waals surface area contributed by atoms with Crippen LogP contribution in [0.15, 0.2) is 91.0 Å². The monoisotopic (exact) mass is 345 g/mol. The Morgan fingerprint density at radius 3 is 1.63 bits per heavy atom. The fourth-order valence-corrected chi connectivity index (χ4v) is 4.02. The lowest BCUT2D eigenvalue weighted by Crippen LogP contribution is -1.92. The maximum absolute atomic E-state index is 7.92. The van der Waals surface area contributed by atoms with E-state index in [1.807, 2.05) is 19.1 Å². The van der Waals surface area contributed by atoms with Gasteiger partial charge in [0.1, 0.15) is 0 Å². The quantitative estimate of drug-likeness (QED) is 0.258. The Hall–Kier alpha value is -3.45. The topological polar surface area (TPSA) is 23.9 Å². The summed E-state index contributed by atoms with van der Waals surface area (Å²) in [5.41, 5.74) is 3.90. The number of rotatable bonds is 2. The minimum atomic E-state index is 0.592. The zero-order valence-corrected chi connectivity index (χ0v) is 15.2. The van der Waals surface area contributed by atoms with Crippen LogP contribution >= 0.6 is 0 Å². The van der Waals surface area contributed by atoms with Crippen LogP contribution in [0.1, 0.15) is 12.5 Å². The molecule has 0 aliphatic carbocycles. The van der Waals surface area contributed by atoms with E-state index in [0.717, 1.165) is 11.1 Å². The van der Waals surface area contributed by atoms with Gasteiger partial charge < -0.3 is 5.41 Å². The minimum Gasteiger partial charge on any atom is -0.305 e. The Kier molecular flexibility index (Phi) is 3.54. The van der Waals surface area contributed by atoms with Crippen LogP contribution in [0.4, 0.5) is 0 Å². The van der Waals surface area contributed by atoms with Crippen molar-refractivity contribution in [3.63, 3.8) is 0 Å². The van der Waals surface area contributed by atoms with Crippen molar-refractivity contribution in [2.24, 2.45) is 0 Å². The molecule has 0 radical (unpaired) electrons. The van der Waals surface area contributed by atoms with Crippen LogP contribution in [0.5, 0.6) is 0 Å². The van der Waals surface area contributed by atoms with Crippen molar-refractivity contribution in [2.75, 3.05) is 0 Å². The molecule has 0 amide bonds. The lowest BCUT2D eigenvalue weighted by Gasteiger charge is -2.12. The summed E-state index contributed by atoms with van der Waals surface area (Å²) in [7, 11) is 0. The van der Waals surface area contributed by atoms with Crippen LogP contribution in [0.25, 0.3) is 43.4 Å². The van der Waals surface area contributed by atoms with Crippen LogP contribution in [0, 0.1) is 5.41 Å². The number of fused-ring (bicyclic) bond motifs is 6. The number of nitrogens with one attached hydrogen (secondary N) is 1. The van der Waals surface area contributed by atoms with Crippen molar-refractivity contribution in [1.82, 2.24) is 0 Å². The highest BCUT2D eigenvalue weighted by atomic mass is 14.4. The maximum atomic E-state index is 7.92. The third-order valence-corrected chi connectivity index (χ3v) is 5.37. The molecular weight excluding hydrogens is 326 g/mol. The number of hydrogen-bond acceptors (Lipinski definition) is 1. The molecule has 0 fully saturated rings. The van der Waals surface area contributed by atoms with Crippen molar-refractivity contribution in [3.05, 3.63) is 96.6 Å². The van der Waals surface area contributed by atoms with E-state index in [0.29, 0.717) is 5.71 Å². The highest BCUT2D eigenvalue weighted by Crippen LogP contribution is 2.37. The average Bonchev–Trinajstić information content (AvgIpc) is 2.73. The summed E-state index contributed by atoms with van der Waals surface area (Å²) >= 11 is 0. The Bertz CT molecular complexity index is 1310. The van der Waals surface area contributed by atoms with Crippen LogP contribution in [-0.2, 0) is 0 Å². The normalized spacial score (nSPS) is 11.3. The molecule has 1 nitrogen and oxygen atoms in total. The molecule has 0 bridgehead atoms. The van der Waals surface area contributed by atoms with Crippen molar-refractivity contribution >= 4 is 38.0 Å². The smallest absolute Gasteiger partial charge is 0.0355 e. The molecule has 5 aromatic carbocycles. The lowest BCUT2D eigenvalue weighted by atomic mass is 9.92. The van der Waals surface area contributed by atoms with E-state index < -0.39 is 0 Å². The van der Waals surface area contributed by atoms with Crippen molar-refractivity contribution in [3.8, 4) is 11.1 Å². The summed E-state index contributed by atoms with van der Waals surface area (Å²) < 4.78 is 0. The van der Waals surface area contributed by atoms with Crippen molar-refractivity contribution < 1.29 is 0 Å². The van der Waals surface area contributed by atoms with Gasteiger partial charge in [0.25, 0.3) is 0 Å². The van der Waals surface area contributed by atoms with Gasteiger partial charge in [0.2, 0.25) is 0 Å². The molecule has 1 N–H and O–H groups in total. The van der Waals surface area contributed by atoms with Gasteiger partial charge in [-0.3, -0.25) is 0 Å². The molecule has 0 aliphatic rings. The second kappa shape index (κ2) is 6.07. The van der Waals surface area contributed by atoms with Gasteiger partial charge in [0, 0.05) is 5.71 Å². The highest BCUT2D eigenvalue weighted by Gasteiger charge is 2.09. The van der Waals surface area contributed by atoms with E-state index in [1.54, 1.807) is 0 Å². The van der Waals surface area contributed by atoms with Gasteiger partial charge in [-0.1, -0.05) is 78.9 Å². The summed E-state index contributed by atoms with van der Waals surface area (Å²) in [6.07, 6.45) is 0. The zero-order chi connectivity index (χ0) is 18.4. The summed E-state index contributed by atoms with van der Waals surface area (Å²) in [5, 5.41) is 15.7. The molecule has 0 aliphatic heterocycles. The molecule has 0 unspecified atom stereocenters. The van der Waals surface area contributed by atoms with Crippen LogP contribution in [-0.4, -0.2) is 5.71 Å². The Morgan fingerprint density at radius 1 is 0.519 bits per heavy atom. The van der Waals surface area contributed by atoms with Gasteiger partial charge in [-0.2, -0.15) is 0 Å². The molecule has 5 rings (SSSR count). The van der Waals surface area contributed by atoms with Gasteiger partial charge in [-0.25, -0.2) is 0 Å². The zero-order valence-electron chi connectivity index (χ0n) is 15.2. The second-order valence-electron chi connectivity index (χ2n) is 7.06. The van der Waals surface area contributed by atoms with E-state index >= 15 is 0 Å². The highest BCUT2D eigenvalue weighted by molar-refractivity contribution is 6.25. The summed E-state index contributed by atoms with van der Waals surface area (Å²) in [6, 6.07) is 32.3. The predicted octanol–water partition coefficient (Wildman–Crippen LogP) is 7.20. The van der Waals surface area contributed by atoms with Gasteiger partial charge >= 0.3 is 0 Å². The van der Waals surface area contributed by atoms with Gasteiger partial charge in [-0.05, 0) is 68.1 Å². The molecule has 5 aromatic rings. The Balaban J connectivity index is 1.86. The molecular formula is C26H19N. The van der Waals surface area contributed by atoms with Crippen LogP contribution in [0.2, 0.25) is 0 Å². The first-order valence-electron chi connectivity index (χ1n) is 9.21. The standard InChI is InChI=1S/C26H19N/c1-17(27)18-7-6-8-19(15-18)20-13-14-25-23-11-3-2-9-21(23)22-10-4-5-12-24(22)26(25)16-20/h2-16,27H,1H3. The Labute approximate surface area is 158 Å². The SMILES string of the molecule is CC(=N)c1cccc(-c2ccc3c4ccccc4c4ccccc4c3c2)c1. The first-order valence-corrected chi connectivity index (χ1v) is 9.21. The van der Waals surface area contributed by atoms with Crippen LogP contribution in [0.3, 0.4) is 0 Å². The molecule has 0 heterocycles. The fraction of sp³-hybridized carbons (Fsp3) is 0.0385. The third-order valence-electron chi connectivity index (χ3n) is 5.37. The molecule has 27 heavy (non-hydrogen) atoms. The van der Waals surface area contributed by atoms with Gasteiger partial charge in [0.05, 0.1) is 0 Å². The number of benzene rings is 5. The van der Waals surface area contributed by atoms with Crippen molar-refractivity contribution in [2.45, 2.75) is 6.92 Å². The molecule has 128 valence electrons. The summed E-state index contributed by atoms with van der Waals surface area (Å²) in [4.78, 5) is 0. The van der Waals surface area contributed by atoms with E-state index in [4.69, 9.17) is 5.41 Å². The van der Waals surface area contributed by atoms with E-state index in [9.17, 15) is 0 Å². The van der Waals surface area contributed by atoms with Gasteiger partial charge in [0.15, 0.2) is 0 Å². The number of hydrogen-bond donors (Lipinski definition) is 1. The van der Waals surface area contributed by atoms with Crippen molar-refractivity contribution in [1.29, 1.82) is 5.41 Å². The predicted molar refractivity (Wildman–Crippen MR) is 117 cm³/mol. The molecule has 0 saturated carbocycles. The first kappa shape index (κ1) is 15.8. The molecule has 0 saturated heterocycles. The second-order valence-corrected chi connectivity index (χ2v) is 7.06. The largest absolute Gasteiger partial charge is 0.305 e. The minimum absolute atomic E-state index is 0.592. The Morgan fingerprint density at radius 2 is 1.04 bits per heavy atom. The lowest BCUT2D eigenvalue weighted by molar-refractivity contribution is 1.45. The average molecular weight is 345 g/mol. The van der Waals surface area contributed by atoms with E-state index in [1.165, 1.54) is 37.9 Å². The molecule has 1 heteroatoms. The third kappa shape index (κ3) is 2.51. The maximum Gasteiger partial charge on any atom is 0.0355 e. The van der Waals surface area contributed by atoms with Gasteiger partial charge in [-0.15, -0.1) is 0 Å². The fourth-order valence-electron chi connectivity index (χ4n) is 4.02. The van der Waals surface area contributed by atoms with E-state index in [-0.39, 0.29) is 0 Å². The van der Waals surface area contributed by atoms with Crippen LogP contribution < -0.4 is 0 Å².